The maximum atomic E-state index is 13.7. The van der Waals surface area contributed by atoms with Crippen LogP contribution in [-0.2, 0) is 13.0 Å². The Morgan fingerprint density at radius 1 is 1.40 bits per heavy atom. The summed E-state index contributed by atoms with van der Waals surface area (Å²) in [6.45, 7) is 5.63. The summed E-state index contributed by atoms with van der Waals surface area (Å²) >= 11 is 3.33. The average molecular weight is 341 g/mol. The van der Waals surface area contributed by atoms with E-state index in [2.05, 4.69) is 31.3 Å². The van der Waals surface area contributed by atoms with Crippen molar-refractivity contribution in [2.45, 2.75) is 32.9 Å². The van der Waals surface area contributed by atoms with Gasteiger partial charge in [0, 0.05) is 19.0 Å². The van der Waals surface area contributed by atoms with Crippen molar-refractivity contribution in [3.05, 3.63) is 46.2 Å². The minimum Gasteiger partial charge on any atom is -0.310 e. The van der Waals surface area contributed by atoms with Crippen LogP contribution < -0.4 is 5.32 Å². The van der Waals surface area contributed by atoms with Crippen LogP contribution in [0, 0.1) is 5.82 Å². The molecule has 1 aromatic carbocycles. The number of nitrogens with zero attached hydrogens (tertiary/aromatic N) is 3. The van der Waals surface area contributed by atoms with Crippen LogP contribution in [0.15, 0.2) is 29.0 Å². The lowest BCUT2D eigenvalue weighted by Gasteiger charge is -2.19. The first kappa shape index (κ1) is 15.1. The second-order valence-corrected chi connectivity index (χ2v) is 5.24. The second kappa shape index (κ2) is 6.95. The molecule has 0 aliphatic carbocycles. The zero-order chi connectivity index (χ0) is 14.5. The van der Waals surface area contributed by atoms with Crippen molar-refractivity contribution in [3.63, 3.8) is 0 Å². The summed E-state index contributed by atoms with van der Waals surface area (Å²) in [5.74, 6) is 0.650. The normalized spacial score (nSPS) is 12.6. The van der Waals surface area contributed by atoms with Crippen molar-refractivity contribution in [1.29, 1.82) is 0 Å². The molecule has 0 spiro atoms. The first-order valence-corrected chi connectivity index (χ1v) is 7.50. The molecule has 108 valence electrons. The number of aromatic nitrogens is 3. The predicted octanol–water partition coefficient (Wildman–Crippen LogP) is 3.09. The largest absolute Gasteiger partial charge is 0.310 e. The fraction of sp³-hybridized carbons (Fsp3) is 0.429. The highest BCUT2D eigenvalue weighted by atomic mass is 79.9. The van der Waals surface area contributed by atoms with Crippen molar-refractivity contribution < 1.29 is 4.39 Å². The summed E-state index contributed by atoms with van der Waals surface area (Å²) in [4.78, 5) is 4.29. The van der Waals surface area contributed by atoms with Crippen LogP contribution >= 0.6 is 15.9 Å². The molecule has 0 fully saturated rings. The molecule has 0 amide bonds. The summed E-state index contributed by atoms with van der Waals surface area (Å²) in [7, 11) is 0. The first-order valence-electron chi connectivity index (χ1n) is 6.71. The Hall–Kier alpha value is -1.27. The van der Waals surface area contributed by atoms with Crippen LogP contribution in [0.4, 0.5) is 4.39 Å². The molecule has 6 heteroatoms. The van der Waals surface area contributed by atoms with Gasteiger partial charge < -0.3 is 5.32 Å². The number of hydrogen-bond acceptors (Lipinski definition) is 3. The fourth-order valence-electron chi connectivity index (χ4n) is 2.22. The number of aryl methyl sites for hydroxylation is 1. The van der Waals surface area contributed by atoms with Gasteiger partial charge in [-0.1, -0.05) is 19.1 Å². The van der Waals surface area contributed by atoms with Gasteiger partial charge in [-0.2, -0.15) is 5.10 Å². The predicted molar refractivity (Wildman–Crippen MR) is 79.9 cm³/mol. The minimum atomic E-state index is -0.248. The second-order valence-electron chi connectivity index (χ2n) is 4.45. The van der Waals surface area contributed by atoms with Gasteiger partial charge in [0.1, 0.15) is 18.0 Å². The molecule has 0 bridgehead atoms. The van der Waals surface area contributed by atoms with E-state index in [1.54, 1.807) is 12.4 Å². The van der Waals surface area contributed by atoms with E-state index in [-0.39, 0.29) is 11.9 Å². The molecule has 1 aromatic heterocycles. The number of hydrogen-bond donors (Lipinski definition) is 1. The lowest BCUT2D eigenvalue weighted by atomic mass is 10.0. The van der Waals surface area contributed by atoms with Crippen LogP contribution in [0.25, 0.3) is 0 Å². The van der Waals surface area contributed by atoms with Gasteiger partial charge >= 0.3 is 0 Å². The summed E-state index contributed by atoms with van der Waals surface area (Å²) in [6.07, 6.45) is 2.23. The van der Waals surface area contributed by atoms with Crippen LogP contribution in [0.1, 0.15) is 31.3 Å². The van der Waals surface area contributed by atoms with Gasteiger partial charge in [0.2, 0.25) is 0 Å². The number of rotatable bonds is 6. The third-order valence-electron chi connectivity index (χ3n) is 3.19. The van der Waals surface area contributed by atoms with Gasteiger partial charge in [-0.05, 0) is 41.0 Å². The highest BCUT2D eigenvalue weighted by Crippen LogP contribution is 2.28. The molecular weight excluding hydrogens is 323 g/mol. The summed E-state index contributed by atoms with van der Waals surface area (Å²) in [5, 5.41) is 7.55. The van der Waals surface area contributed by atoms with Crippen LogP contribution in [-0.4, -0.2) is 21.3 Å². The molecule has 0 aliphatic heterocycles. The molecule has 2 aromatic rings. The molecule has 1 atom stereocenters. The standard InChI is InChI=1S/C14H18BrFN4/c1-3-17-12(8-13-18-9-19-20(13)4-2)10-6-5-7-11(16)14(10)15/h5-7,9,12,17H,3-4,8H2,1-2H3. The third-order valence-corrected chi connectivity index (χ3v) is 4.03. The van der Waals surface area contributed by atoms with Gasteiger partial charge in [-0.25, -0.2) is 9.37 Å². The summed E-state index contributed by atoms with van der Waals surface area (Å²) in [6, 6.07) is 5.10. The van der Waals surface area contributed by atoms with E-state index in [0.29, 0.717) is 10.9 Å². The van der Waals surface area contributed by atoms with Crippen molar-refractivity contribution in [1.82, 2.24) is 20.1 Å². The van der Waals surface area contributed by atoms with Crippen molar-refractivity contribution in [2.75, 3.05) is 6.54 Å². The Morgan fingerprint density at radius 3 is 2.90 bits per heavy atom. The molecule has 1 unspecified atom stereocenters. The third kappa shape index (κ3) is 3.24. The van der Waals surface area contributed by atoms with Gasteiger partial charge in [-0.3, -0.25) is 4.68 Å². The Kier molecular flexibility index (Phi) is 5.25. The molecule has 4 nitrogen and oxygen atoms in total. The molecule has 0 saturated carbocycles. The quantitative estimate of drug-likeness (QED) is 0.878. The Balaban J connectivity index is 2.29. The van der Waals surface area contributed by atoms with E-state index in [4.69, 9.17) is 0 Å². The van der Waals surface area contributed by atoms with Crippen molar-refractivity contribution in [3.8, 4) is 0 Å². The maximum absolute atomic E-state index is 13.7. The van der Waals surface area contributed by atoms with Gasteiger partial charge in [0.25, 0.3) is 0 Å². The number of likely N-dealkylation sites (N-methyl/N-ethyl adjacent to an activating group) is 1. The van der Waals surface area contributed by atoms with Crippen LogP contribution in [0.2, 0.25) is 0 Å². The number of halogens is 2. The average Bonchev–Trinajstić information content (AvgIpc) is 2.89. The Labute approximate surface area is 126 Å². The van der Waals surface area contributed by atoms with Gasteiger partial charge in [0.15, 0.2) is 0 Å². The van der Waals surface area contributed by atoms with E-state index >= 15 is 0 Å². The zero-order valence-electron chi connectivity index (χ0n) is 11.6. The zero-order valence-corrected chi connectivity index (χ0v) is 13.2. The molecule has 0 aliphatic rings. The first-order chi connectivity index (χ1) is 9.67. The smallest absolute Gasteiger partial charge is 0.138 e. The monoisotopic (exact) mass is 340 g/mol. The molecular formula is C14H18BrFN4. The molecule has 0 radical (unpaired) electrons. The van der Waals surface area contributed by atoms with E-state index in [9.17, 15) is 4.39 Å². The minimum absolute atomic E-state index is 0.000394. The van der Waals surface area contributed by atoms with E-state index in [0.717, 1.165) is 24.5 Å². The number of nitrogens with one attached hydrogen (secondary N) is 1. The van der Waals surface area contributed by atoms with Gasteiger partial charge in [-0.15, -0.1) is 0 Å². The molecule has 0 saturated heterocycles. The van der Waals surface area contributed by atoms with Crippen LogP contribution in [0.5, 0.6) is 0 Å². The highest BCUT2D eigenvalue weighted by molar-refractivity contribution is 9.10. The highest BCUT2D eigenvalue weighted by Gasteiger charge is 2.18. The molecule has 2 rings (SSSR count). The Bertz CT molecular complexity index is 570. The van der Waals surface area contributed by atoms with E-state index < -0.39 is 0 Å². The van der Waals surface area contributed by atoms with Crippen molar-refractivity contribution >= 4 is 15.9 Å². The number of benzene rings is 1. The topological polar surface area (TPSA) is 42.7 Å². The van der Waals surface area contributed by atoms with E-state index in [1.807, 2.05) is 24.6 Å². The lowest BCUT2D eigenvalue weighted by molar-refractivity contribution is 0.504. The summed E-state index contributed by atoms with van der Waals surface area (Å²) in [5.41, 5.74) is 0.900. The molecule has 20 heavy (non-hydrogen) atoms. The molecule has 1 N–H and O–H groups in total. The SMILES string of the molecule is CCNC(Cc1ncnn1CC)c1cccc(F)c1Br. The van der Waals surface area contributed by atoms with Crippen molar-refractivity contribution in [2.24, 2.45) is 0 Å². The fourth-order valence-corrected chi connectivity index (χ4v) is 2.76. The maximum Gasteiger partial charge on any atom is 0.138 e. The lowest BCUT2D eigenvalue weighted by Crippen LogP contribution is -2.25. The van der Waals surface area contributed by atoms with E-state index in [1.165, 1.54) is 6.07 Å². The Morgan fingerprint density at radius 2 is 2.20 bits per heavy atom. The van der Waals surface area contributed by atoms with Crippen LogP contribution in [0.3, 0.4) is 0 Å². The molecule has 1 heterocycles. The summed E-state index contributed by atoms with van der Waals surface area (Å²) < 4.78 is 16.1. The van der Waals surface area contributed by atoms with Gasteiger partial charge in [0.05, 0.1) is 4.47 Å².